The van der Waals surface area contributed by atoms with E-state index in [0.717, 1.165) is 32.1 Å². The van der Waals surface area contributed by atoms with Gasteiger partial charge in [0.1, 0.15) is 6.10 Å². The highest BCUT2D eigenvalue weighted by Gasteiger charge is 2.16. The van der Waals surface area contributed by atoms with Gasteiger partial charge >= 0.3 is 5.97 Å². The summed E-state index contributed by atoms with van der Waals surface area (Å²) >= 11 is 0. The van der Waals surface area contributed by atoms with Crippen LogP contribution in [0.15, 0.2) is 18.2 Å². The van der Waals surface area contributed by atoms with Crippen LogP contribution in [0.4, 0.5) is 0 Å². The fraction of sp³-hybridized carbons (Fsp3) is 0.500. The highest BCUT2D eigenvalue weighted by atomic mass is 16.5. The number of carbonyl (C=O) groups is 2. The number of hydrogen-bond acceptors (Lipinski definition) is 4. The second-order valence-electron chi connectivity index (χ2n) is 5.80. The lowest BCUT2D eigenvalue weighted by Gasteiger charge is -2.16. The van der Waals surface area contributed by atoms with Crippen LogP contribution in [0, 0.1) is 0 Å². The highest BCUT2D eigenvalue weighted by molar-refractivity contribution is 5.97. The Balaban J connectivity index is 2.09. The molecule has 1 aromatic carbocycles. The van der Waals surface area contributed by atoms with E-state index in [9.17, 15) is 9.59 Å². The van der Waals surface area contributed by atoms with Gasteiger partial charge in [-0.25, -0.2) is 9.78 Å². The molecule has 0 spiro atoms. The van der Waals surface area contributed by atoms with Gasteiger partial charge < -0.3 is 9.72 Å². The predicted molar refractivity (Wildman–Crippen MR) is 89.7 cm³/mol. The third kappa shape index (κ3) is 4.41. The Morgan fingerprint density at radius 2 is 2.04 bits per heavy atom. The Morgan fingerprint density at radius 3 is 2.70 bits per heavy atom. The van der Waals surface area contributed by atoms with E-state index in [2.05, 4.69) is 16.9 Å². The third-order valence-corrected chi connectivity index (χ3v) is 3.91. The van der Waals surface area contributed by atoms with Crippen LogP contribution >= 0.6 is 0 Å². The molecule has 0 fully saturated rings. The van der Waals surface area contributed by atoms with Gasteiger partial charge in [0.25, 0.3) is 0 Å². The highest BCUT2D eigenvalue weighted by Crippen LogP contribution is 2.17. The Bertz CT molecular complexity index is 691. The molecule has 0 aliphatic heterocycles. The minimum atomic E-state index is -0.325. The number of Topliss-reactive ketones (excluding diaryl/α,β-unsaturated/α-hetero) is 1. The number of imidazole rings is 1. The van der Waals surface area contributed by atoms with Crippen LogP contribution in [0.3, 0.4) is 0 Å². The molecule has 0 radical (unpaired) electrons. The van der Waals surface area contributed by atoms with Crippen molar-refractivity contribution in [2.45, 2.75) is 59.0 Å². The van der Waals surface area contributed by atoms with E-state index in [0.29, 0.717) is 22.4 Å². The van der Waals surface area contributed by atoms with Crippen LogP contribution < -0.4 is 0 Å². The van der Waals surface area contributed by atoms with Crippen LogP contribution in [-0.4, -0.2) is 27.8 Å². The third-order valence-electron chi connectivity index (χ3n) is 3.91. The number of benzene rings is 1. The van der Waals surface area contributed by atoms with E-state index in [4.69, 9.17) is 4.74 Å². The van der Waals surface area contributed by atoms with Crippen molar-refractivity contribution in [3.05, 3.63) is 29.6 Å². The summed E-state index contributed by atoms with van der Waals surface area (Å²) in [7, 11) is 0. The monoisotopic (exact) mass is 316 g/mol. The molecular formula is C18H24N2O3. The summed E-state index contributed by atoms with van der Waals surface area (Å²) in [6.07, 6.45) is 5.05. The van der Waals surface area contributed by atoms with Crippen molar-refractivity contribution in [2.24, 2.45) is 0 Å². The molecule has 2 rings (SSSR count). The van der Waals surface area contributed by atoms with Crippen molar-refractivity contribution >= 4 is 22.8 Å². The van der Waals surface area contributed by atoms with Gasteiger partial charge in [0.05, 0.1) is 16.6 Å². The van der Waals surface area contributed by atoms with Crippen LogP contribution in [0.2, 0.25) is 0 Å². The van der Waals surface area contributed by atoms with Crippen LogP contribution in [0.25, 0.3) is 11.0 Å². The topological polar surface area (TPSA) is 72.0 Å². The van der Waals surface area contributed by atoms with Gasteiger partial charge in [0.2, 0.25) is 0 Å². The number of ketones is 1. The predicted octanol–water partition coefficient (Wildman–Crippen LogP) is 4.28. The average Bonchev–Trinajstić information content (AvgIpc) is 2.97. The number of carbonyl (C=O) groups excluding carboxylic acids is 2. The minimum Gasteiger partial charge on any atom is -0.459 e. The molecular weight excluding hydrogens is 292 g/mol. The zero-order valence-corrected chi connectivity index (χ0v) is 14.0. The molecule has 23 heavy (non-hydrogen) atoms. The summed E-state index contributed by atoms with van der Waals surface area (Å²) in [5, 5.41) is 0. The second-order valence-corrected chi connectivity index (χ2v) is 5.80. The fourth-order valence-electron chi connectivity index (χ4n) is 2.49. The number of unbranched alkanes of at least 4 members (excludes halogenated alkanes) is 2. The van der Waals surface area contributed by atoms with Gasteiger partial charge in [0, 0.05) is 6.92 Å². The summed E-state index contributed by atoms with van der Waals surface area (Å²) < 4.78 is 5.60. The smallest absolute Gasteiger partial charge is 0.338 e. The number of nitrogens with zero attached hydrogens (tertiary/aromatic N) is 1. The lowest BCUT2D eigenvalue weighted by atomic mass is 10.1. The minimum absolute atomic E-state index is 0.0423. The molecule has 0 saturated heterocycles. The number of hydrogen-bond donors (Lipinski definition) is 1. The largest absolute Gasteiger partial charge is 0.459 e. The summed E-state index contributed by atoms with van der Waals surface area (Å²) in [4.78, 5) is 30.8. The van der Waals surface area contributed by atoms with Gasteiger partial charge in [-0.1, -0.05) is 26.7 Å². The molecule has 0 aliphatic rings. The molecule has 2 aromatic rings. The van der Waals surface area contributed by atoms with E-state index in [1.807, 2.05) is 6.92 Å². The number of esters is 1. The van der Waals surface area contributed by atoms with E-state index < -0.39 is 0 Å². The molecule has 1 aromatic heterocycles. The number of nitrogens with one attached hydrogen (secondary N) is 1. The molecule has 0 amide bonds. The van der Waals surface area contributed by atoms with Crippen molar-refractivity contribution < 1.29 is 14.3 Å². The van der Waals surface area contributed by atoms with Gasteiger partial charge in [-0.2, -0.15) is 0 Å². The first-order valence-electron chi connectivity index (χ1n) is 8.26. The molecule has 1 N–H and O–H groups in total. The normalized spacial score (nSPS) is 12.3. The second kappa shape index (κ2) is 7.90. The number of rotatable bonds is 8. The van der Waals surface area contributed by atoms with Crippen molar-refractivity contribution in [3.63, 3.8) is 0 Å². The summed E-state index contributed by atoms with van der Waals surface area (Å²) in [5.74, 6) is -0.155. The maximum absolute atomic E-state index is 12.3. The van der Waals surface area contributed by atoms with E-state index in [1.165, 1.54) is 6.92 Å². The van der Waals surface area contributed by atoms with E-state index in [-0.39, 0.29) is 17.9 Å². The van der Waals surface area contributed by atoms with E-state index >= 15 is 0 Å². The average molecular weight is 316 g/mol. The first-order chi connectivity index (χ1) is 11.0. The fourth-order valence-corrected chi connectivity index (χ4v) is 2.49. The maximum Gasteiger partial charge on any atom is 0.338 e. The van der Waals surface area contributed by atoms with Crippen molar-refractivity contribution in [2.75, 3.05) is 0 Å². The molecule has 1 atom stereocenters. The van der Waals surface area contributed by atoms with Crippen LogP contribution in [0.5, 0.6) is 0 Å². The lowest BCUT2D eigenvalue weighted by Crippen LogP contribution is -2.17. The van der Waals surface area contributed by atoms with Gasteiger partial charge in [-0.15, -0.1) is 0 Å². The van der Waals surface area contributed by atoms with Crippen molar-refractivity contribution in [1.29, 1.82) is 0 Å². The SMILES string of the molecule is CCCCC[C@@H](CC)OC(=O)c1ccc2nc(C(C)=O)[nH]c2c1. The van der Waals surface area contributed by atoms with Gasteiger partial charge in [-0.05, 0) is 37.5 Å². The van der Waals surface area contributed by atoms with Crippen LogP contribution in [0.1, 0.15) is 73.9 Å². The molecule has 1 heterocycles. The first kappa shape index (κ1) is 17.2. The number of aromatic amines is 1. The standard InChI is InChI=1S/C18H24N2O3/c1-4-6-7-8-14(5-2)23-18(22)13-9-10-15-16(11-13)20-17(19-15)12(3)21/h9-11,14H,4-8H2,1-3H3,(H,19,20)/t14-/m1/s1. The molecule has 0 aliphatic carbocycles. The van der Waals surface area contributed by atoms with Gasteiger partial charge in [-0.3, -0.25) is 4.79 Å². The molecule has 0 unspecified atom stereocenters. The van der Waals surface area contributed by atoms with Crippen LogP contribution in [-0.2, 0) is 4.74 Å². The summed E-state index contributed by atoms with van der Waals surface area (Å²) in [6.45, 7) is 5.64. The summed E-state index contributed by atoms with van der Waals surface area (Å²) in [6, 6.07) is 5.11. The number of fused-ring (bicyclic) bond motifs is 1. The number of aromatic nitrogens is 2. The first-order valence-corrected chi connectivity index (χ1v) is 8.26. The van der Waals surface area contributed by atoms with Gasteiger partial charge in [0.15, 0.2) is 11.6 Å². The molecule has 0 saturated carbocycles. The number of ether oxygens (including phenoxy) is 1. The molecule has 124 valence electrons. The quantitative estimate of drug-likeness (QED) is 0.448. The van der Waals surface area contributed by atoms with Crippen molar-refractivity contribution in [3.8, 4) is 0 Å². The Labute approximate surface area is 136 Å². The number of H-pyrrole nitrogens is 1. The molecule has 5 heteroatoms. The Kier molecular flexibility index (Phi) is 5.90. The molecule has 5 nitrogen and oxygen atoms in total. The summed E-state index contributed by atoms with van der Waals surface area (Å²) in [5.41, 5.74) is 1.82. The Hall–Kier alpha value is -2.17. The van der Waals surface area contributed by atoms with E-state index in [1.54, 1.807) is 18.2 Å². The Morgan fingerprint density at radius 1 is 1.26 bits per heavy atom. The molecule has 0 bridgehead atoms. The zero-order chi connectivity index (χ0) is 16.8. The maximum atomic E-state index is 12.3. The lowest BCUT2D eigenvalue weighted by molar-refractivity contribution is 0.0267. The zero-order valence-electron chi connectivity index (χ0n) is 14.0. The van der Waals surface area contributed by atoms with Crippen molar-refractivity contribution in [1.82, 2.24) is 9.97 Å².